The molecule has 2 aromatic carbocycles. The number of carbonyl (C=O) groups excluding carboxylic acids is 2. The molecule has 1 saturated heterocycles. The van der Waals surface area contributed by atoms with Crippen molar-refractivity contribution in [2.24, 2.45) is 0 Å². The molecular formula is C25H18ClN3O4S. The molecule has 34 heavy (non-hydrogen) atoms. The average molecular weight is 492 g/mol. The van der Waals surface area contributed by atoms with Gasteiger partial charge in [0, 0.05) is 16.8 Å². The van der Waals surface area contributed by atoms with Gasteiger partial charge in [-0.15, -0.1) is 0 Å². The summed E-state index contributed by atoms with van der Waals surface area (Å²) in [5.41, 5.74) is 2.21. The molecule has 3 heterocycles. The normalized spacial score (nSPS) is 17.5. The standard InChI is InChI=1S/C25H18ClN3O4S/c1-13-10-19-18(12-16(13)26)28-25(34-19)29-21(17-8-3-4-9-27-17)20(23(31)24(29)32)22(30)14-6-5-7-15(11-14)33-2/h3-12,21,30H,1-2H3/b22-20+. The molecule has 1 unspecified atom stereocenters. The number of rotatable bonds is 4. The molecule has 1 N–H and O–H groups in total. The molecule has 0 saturated carbocycles. The fraction of sp³-hybridized carbons (Fsp3) is 0.120. The Bertz CT molecular complexity index is 1440. The van der Waals surface area contributed by atoms with E-state index in [0.717, 1.165) is 10.3 Å². The quantitative estimate of drug-likeness (QED) is 0.237. The SMILES string of the molecule is COc1cccc(/C(O)=C2\C(=O)C(=O)N(c3nc4cc(Cl)c(C)cc4s3)C2c2ccccn2)c1. The lowest BCUT2D eigenvalue weighted by Gasteiger charge is -2.22. The Balaban J connectivity index is 1.72. The van der Waals surface area contributed by atoms with E-state index in [2.05, 4.69) is 9.97 Å². The van der Waals surface area contributed by atoms with Crippen LogP contribution < -0.4 is 9.64 Å². The first-order valence-electron chi connectivity index (χ1n) is 10.3. The van der Waals surface area contributed by atoms with Gasteiger partial charge in [0.05, 0.1) is 28.6 Å². The van der Waals surface area contributed by atoms with Gasteiger partial charge >= 0.3 is 5.91 Å². The number of nitrogens with zero attached hydrogens (tertiary/aromatic N) is 3. The van der Waals surface area contributed by atoms with Crippen molar-refractivity contribution in [2.75, 3.05) is 12.0 Å². The maximum Gasteiger partial charge on any atom is 0.301 e. The summed E-state index contributed by atoms with van der Waals surface area (Å²) in [6, 6.07) is 14.5. The molecule has 4 aromatic rings. The monoisotopic (exact) mass is 491 g/mol. The zero-order chi connectivity index (χ0) is 24.0. The number of Topliss-reactive ketones (excluding diaryl/α,β-unsaturated/α-hetero) is 1. The number of halogens is 1. The van der Waals surface area contributed by atoms with Crippen LogP contribution in [0.3, 0.4) is 0 Å². The molecule has 1 aliphatic rings. The molecule has 170 valence electrons. The summed E-state index contributed by atoms with van der Waals surface area (Å²) in [6.45, 7) is 1.88. The number of thiazole rings is 1. The highest BCUT2D eigenvalue weighted by Crippen LogP contribution is 2.44. The summed E-state index contributed by atoms with van der Waals surface area (Å²) in [6.07, 6.45) is 1.57. The summed E-state index contributed by atoms with van der Waals surface area (Å²) < 4.78 is 6.07. The molecule has 1 fully saturated rings. The smallest absolute Gasteiger partial charge is 0.301 e. The van der Waals surface area contributed by atoms with Gasteiger partial charge in [-0.1, -0.05) is 41.1 Å². The Morgan fingerprint density at radius 2 is 1.97 bits per heavy atom. The van der Waals surface area contributed by atoms with Gasteiger partial charge in [-0.05, 0) is 48.9 Å². The molecule has 0 aliphatic carbocycles. The third-order valence-corrected chi connectivity index (χ3v) is 7.04. The number of aliphatic hydroxyl groups is 1. The Morgan fingerprint density at radius 3 is 2.71 bits per heavy atom. The van der Waals surface area contributed by atoms with Crippen LogP contribution >= 0.6 is 22.9 Å². The number of fused-ring (bicyclic) bond motifs is 1. The maximum absolute atomic E-state index is 13.3. The summed E-state index contributed by atoms with van der Waals surface area (Å²) in [4.78, 5) is 36.8. The second-order valence-electron chi connectivity index (χ2n) is 7.72. The van der Waals surface area contributed by atoms with E-state index in [-0.39, 0.29) is 11.3 Å². The van der Waals surface area contributed by atoms with Crippen LogP contribution in [0.25, 0.3) is 16.0 Å². The number of benzene rings is 2. The number of aliphatic hydroxyl groups excluding tert-OH is 1. The predicted molar refractivity (Wildman–Crippen MR) is 131 cm³/mol. The van der Waals surface area contributed by atoms with Crippen LogP contribution in [0.2, 0.25) is 5.02 Å². The first kappa shape index (κ1) is 22.1. The van der Waals surface area contributed by atoms with E-state index in [1.165, 1.54) is 23.3 Å². The van der Waals surface area contributed by atoms with Gasteiger partial charge in [0.2, 0.25) is 0 Å². The summed E-state index contributed by atoms with van der Waals surface area (Å²) in [7, 11) is 1.51. The number of aryl methyl sites for hydroxylation is 1. The zero-order valence-electron chi connectivity index (χ0n) is 18.2. The van der Waals surface area contributed by atoms with Gasteiger partial charge < -0.3 is 9.84 Å². The maximum atomic E-state index is 13.3. The first-order valence-corrected chi connectivity index (χ1v) is 11.5. The average Bonchev–Trinajstić information content (AvgIpc) is 3.37. The largest absolute Gasteiger partial charge is 0.507 e. The summed E-state index contributed by atoms with van der Waals surface area (Å²) >= 11 is 7.53. The van der Waals surface area contributed by atoms with E-state index < -0.39 is 17.7 Å². The number of amides is 1. The highest BCUT2D eigenvalue weighted by atomic mass is 35.5. The van der Waals surface area contributed by atoms with Crippen molar-refractivity contribution in [3.63, 3.8) is 0 Å². The Kier molecular flexibility index (Phi) is 5.55. The lowest BCUT2D eigenvalue weighted by Crippen LogP contribution is -2.29. The predicted octanol–water partition coefficient (Wildman–Crippen LogP) is 5.29. The number of ketones is 1. The van der Waals surface area contributed by atoms with Crippen molar-refractivity contribution in [3.05, 3.63) is 88.2 Å². The van der Waals surface area contributed by atoms with E-state index in [9.17, 15) is 14.7 Å². The van der Waals surface area contributed by atoms with E-state index >= 15 is 0 Å². The molecule has 1 aliphatic heterocycles. The second-order valence-corrected chi connectivity index (χ2v) is 9.14. The van der Waals surface area contributed by atoms with E-state index in [1.54, 1.807) is 54.7 Å². The Hall–Kier alpha value is -3.75. The minimum atomic E-state index is -0.954. The van der Waals surface area contributed by atoms with Crippen LogP contribution in [0.1, 0.15) is 22.9 Å². The molecule has 0 bridgehead atoms. The van der Waals surface area contributed by atoms with E-state index in [0.29, 0.717) is 32.7 Å². The Morgan fingerprint density at radius 1 is 1.15 bits per heavy atom. The number of anilines is 1. The molecular weight excluding hydrogens is 474 g/mol. The van der Waals surface area contributed by atoms with Crippen molar-refractivity contribution in [1.82, 2.24) is 9.97 Å². The molecule has 1 amide bonds. The van der Waals surface area contributed by atoms with Crippen molar-refractivity contribution in [2.45, 2.75) is 13.0 Å². The van der Waals surface area contributed by atoms with Crippen molar-refractivity contribution in [3.8, 4) is 5.75 Å². The zero-order valence-corrected chi connectivity index (χ0v) is 19.7. The van der Waals surface area contributed by atoms with Gasteiger partial charge in [0.15, 0.2) is 5.13 Å². The molecule has 1 atom stereocenters. The number of pyridine rings is 1. The van der Waals surface area contributed by atoms with E-state index in [4.69, 9.17) is 16.3 Å². The molecule has 0 radical (unpaired) electrons. The third-order valence-electron chi connectivity index (χ3n) is 5.62. The number of methoxy groups -OCH3 is 1. The molecule has 0 spiro atoms. The van der Waals surface area contributed by atoms with Crippen molar-refractivity contribution < 1.29 is 19.4 Å². The van der Waals surface area contributed by atoms with E-state index in [1.807, 2.05) is 13.0 Å². The number of ether oxygens (including phenoxy) is 1. The fourth-order valence-corrected chi connectivity index (χ4v) is 5.14. The highest BCUT2D eigenvalue weighted by molar-refractivity contribution is 7.22. The Labute approximate surface area is 203 Å². The topological polar surface area (TPSA) is 92.6 Å². The lowest BCUT2D eigenvalue weighted by atomic mass is 9.98. The van der Waals surface area contributed by atoms with Crippen LogP contribution in [0.15, 0.2) is 66.4 Å². The number of aromatic nitrogens is 2. The van der Waals surface area contributed by atoms with Crippen LogP contribution in [0.4, 0.5) is 5.13 Å². The third kappa shape index (κ3) is 3.61. The minimum Gasteiger partial charge on any atom is -0.507 e. The van der Waals surface area contributed by atoms with Gasteiger partial charge in [-0.25, -0.2) is 4.98 Å². The molecule has 5 rings (SSSR count). The first-order chi connectivity index (χ1) is 16.4. The lowest BCUT2D eigenvalue weighted by molar-refractivity contribution is -0.132. The van der Waals surface area contributed by atoms with Gasteiger partial charge in [-0.2, -0.15) is 0 Å². The van der Waals surface area contributed by atoms with Crippen molar-refractivity contribution >= 4 is 55.7 Å². The summed E-state index contributed by atoms with van der Waals surface area (Å²) in [5.74, 6) is -1.41. The number of hydrogen-bond donors (Lipinski definition) is 1. The molecule has 7 nitrogen and oxygen atoms in total. The minimum absolute atomic E-state index is 0.0644. The van der Waals surface area contributed by atoms with Crippen LogP contribution in [-0.2, 0) is 9.59 Å². The van der Waals surface area contributed by atoms with Crippen LogP contribution in [0, 0.1) is 6.92 Å². The van der Waals surface area contributed by atoms with Crippen molar-refractivity contribution in [1.29, 1.82) is 0 Å². The second kappa shape index (κ2) is 8.55. The highest BCUT2D eigenvalue weighted by Gasteiger charge is 2.48. The fourth-order valence-electron chi connectivity index (χ4n) is 3.91. The van der Waals surface area contributed by atoms with Crippen LogP contribution in [-0.4, -0.2) is 33.9 Å². The molecule has 2 aromatic heterocycles. The molecule has 9 heteroatoms. The van der Waals surface area contributed by atoms with Gasteiger partial charge in [0.25, 0.3) is 5.78 Å². The summed E-state index contributed by atoms with van der Waals surface area (Å²) in [5, 5.41) is 12.1. The van der Waals surface area contributed by atoms with Gasteiger partial charge in [-0.3, -0.25) is 19.5 Å². The number of hydrogen-bond acceptors (Lipinski definition) is 7. The number of carbonyl (C=O) groups is 2. The van der Waals surface area contributed by atoms with Crippen LogP contribution in [0.5, 0.6) is 5.75 Å². The van der Waals surface area contributed by atoms with Gasteiger partial charge in [0.1, 0.15) is 17.6 Å².